The Morgan fingerprint density at radius 3 is 1.82 bits per heavy atom. The third kappa shape index (κ3) is 8.19. The van der Waals surface area contributed by atoms with E-state index >= 15 is 0 Å². The number of hydrogen-bond acceptors (Lipinski definition) is 3. The predicted molar refractivity (Wildman–Crippen MR) is 153 cm³/mol. The van der Waals surface area contributed by atoms with Crippen LogP contribution in [0.1, 0.15) is 49.3 Å². The number of carbonyl (C=O) groups is 1. The summed E-state index contributed by atoms with van der Waals surface area (Å²) in [6.07, 6.45) is 3.77. The van der Waals surface area contributed by atoms with Crippen molar-refractivity contribution in [2.75, 3.05) is 6.61 Å². The van der Waals surface area contributed by atoms with Gasteiger partial charge in [0.15, 0.2) is 0 Å². The van der Waals surface area contributed by atoms with Gasteiger partial charge in [0, 0.05) is 11.1 Å². The highest BCUT2D eigenvalue weighted by molar-refractivity contribution is 5.90. The summed E-state index contributed by atoms with van der Waals surface area (Å²) in [5.74, 6) is 1.28. The third-order valence-corrected chi connectivity index (χ3v) is 6.16. The van der Waals surface area contributed by atoms with E-state index in [1.54, 1.807) is 0 Å². The topological polar surface area (TPSA) is 52.1 Å². The Morgan fingerprint density at radius 1 is 0.684 bits per heavy atom. The van der Waals surface area contributed by atoms with E-state index in [2.05, 4.69) is 49.5 Å². The van der Waals surface area contributed by atoms with E-state index in [4.69, 9.17) is 9.47 Å². The molecule has 0 saturated carbocycles. The molecule has 4 heteroatoms. The number of esters is 1. The average molecular weight is 507 g/mol. The molecule has 0 saturated heterocycles. The molecule has 4 aromatic carbocycles. The minimum absolute atomic E-state index is 0.221. The highest BCUT2D eigenvalue weighted by atomic mass is 16.5. The van der Waals surface area contributed by atoms with E-state index in [-0.39, 0.29) is 12.6 Å². The van der Waals surface area contributed by atoms with Gasteiger partial charge in [0.05, 0.1) is 5.56 Å². The molecule has 0 heterocycles. The molecular formula is C34H36NO3+. The standard InChI is InChI=1S/C34H35NO3/c1-24-16-25(2)19-30(18-24)23-35-22-29-9-13-33(14-10-29)38-32-11-7-28(8-12-32)6-5-15-37-34(36)31-20-26(3)17-27(4)21-31/h5-14,16-21,35H,15,22-23H2,1-4H3/p+1/b6-5+. The van der Waals surface area contributed by atoms with Crippen molar-refractivity contribution in [3.05, 3.63) is 136 Å². The molecule has 0 aromatic heterocycles. The van der Waals surface area contributed by atoms with Crippen LogP contribution in [0.2, 0.25) is 0 Å². The maximum Gasteiger partial charge on any atom is 0.338 e. The number of hydrogen-bond donors (Lipinski definition) is 1. The van der Waals surface area contributed by atoms with Crippen LogP contribution >= 0.6 is 0 Å². The van der Waals surface area contributed by atoms with Crippen molar-refractivity contribution >= 4 is 12.0 Å². The van der Waals surface area contributed by atoms with Crippen molar-refractivity contribution in [3.63, 3.8) is 0 Å². The molecule has 4 aromatic rings. The van der Waals surface area contributed by atoms with E-state index in [1.807, 2.05) is 80.6 Å². The molecule has 0 fully saturated rings. The summed E-state index contributed by atoms with van der Waals surface area (Å²) < 4.78 is 11.4. The van der Waals surface area contributed by atoms with Crippen molar-refractivity contribution in [1.29, 1.82) is 0 Å². The first-order chi connectivity index (χ1) is 18.3. The van der Waals surface area contributed by atoms with E-state index in [0.717, 1.165) is 41.3 Å². The normalized spacial score (nSPS) is 11.1. The smallest absolute Gasteiger partial charge is 0.338 e. The number of benzene rings is 4. The highest BCUT2D eigenvalue weighted by Crippen LogP contribution is 2.22. The monoisotopic (exact) mass is 506 g/mol. The van der Waals surface area contributed by atoms with Crippen molar-refractivity contribution < 1.29 is 19.6 Å². The number of ether oxygens (including phenoxy) is 2. The van der Waals surface area contributed by atoms with E-state index in [0.29, 0.717) is 5.56 Å². The summed E-state index contributed by atoms with van der Waals surface area (Å²) in [7, 11) is 0. The maximum atomic E-state index is 12.3. The van der Waals surface area contributed by atoms with E-state index < -0.39 is 0 Å². The second kappa shape index (κ2) is 12.9. The Balaban J connectivity index is 1.21. The van der Waals surface area contributed by atoms with Gasteiger partial charge in [-0.15, -0.1) is 0 Å². The zero-order valence-electron chi connectivity index (χ0n) is 22.7. The molecule has 0 aliphatic rings. The third-order valence-electron chi connectivity index (χ3n) is 6.16. The van der Waals surface area contributed by atoms with Crippen LogP contribution in [0, 0.1) is 27.7 Å². The van der Waals surface area contributed by atoms with Gasteiger partial charge in [0.2, 0.25) is 0 Å². The largest absolute Gasteiger partial charge is 0.458 e. The lowest BCUT2D eigenvalue weighted by atomic mass is 10.1. The molecule has 2 N–H and O–H groups in total. The molecule has 0 spiro atoms. The Kier molecular flexibility index (Phi) is 9.12. The van der Waals surface area contributed by atoms with Gasteiger partial charge in [-0.25, -0.2) is 4.79 Å². The van der Waals surface area contributed by atoms with Crippen LogP contribution in [0.25, 0.3) is 6.08 Å². The zero-order valence-corrected chi connectivity index (χ0v) is 22.7. The van der Waals surface area contributed by atoms with Crippen molar-refractivity contribution in [3.8, 4) is 11.5 Å². The van der Waals surface area contributed by atoms with E-state index in [1.165, 1.54) is 22.3 Å². The van der Waals surface area contributed by atoms with Crippen molar-refractivity contribution in [2.24, 2.45) is 0 Å². The minimum Gasteiger partial charge on any atom is -0.458 e. The Morgan fingerprint density at radius 2 is 1.21 bits per heavy atom. The van der Waals surface area contributed by atoms with Gasteiger partial charge >= 0.3 is 5.97 Å². The summed E-state index contributed by atoms with van der Waals surface area (Å²) in [6.45, 7) is 10.4. The van der Waals surface area contributed by atoms with Crippen LogP contribution in [0.15, 0.2) is 91.0 Å². The van der Waals surface area contributed by atoms with Gasteiger partial charge in [-0.1, -0.05) is 64.7 Å². The fraction of sp³-hybridized carbons (Fsp3) is 0.206. The summed E-state index contributed by atoms with van der Waals surface area (Å²) in [5, 5.41) is 2.32. The summed E-state index contributed by atoms with van der Waals surface area (Å²) >= 11 is 0. The van der Waals surface area contributed by atoms with Gasteiger partial charge in [-0.05, 0) is 87.9 Å². The van der Waals surface area contributed by atoms with Crippen LogP contribution in [0.3, 0.4) is 0 Å². The fourth-order valence-electron chi connectivity index (χ4n) is 4.55. The first-order valence-electron chi connectivity index (χ1n) is 13.0. The van der Waals surface area contributed by atoms with Crippen LogP contribution in [-0.2, 0) is 17.8 Å². The molecule has 0 atom stereocenters. The van der Waals surface area contributed by atoms with E-state index in [9.17, 15) is 4.79 Å². The lowest BCUT2D eigenvalue weighted by Crippen LogP contribution is -2.80. The quantitative estimate of drug-likeness (QED) is 0.239. The number of aryl methyl sites for hydroxylation is 4. The molecule has 0 unspecified atom stereocenters. The van der Waals surface area contributed by atoms with Crippen LogP contribution in [0.5, 0.6) is 11.5 Å². The van der Waals surface area contributed by atoms with Gasteiger partial charge in [-0.3, -0.25) is 0 Å². The molecule has 0 aliphatic heterocycles. The van der Waals surface area contributed by atoms with Crippen LogP contribution < -0.4 is 10.1 Å². The predicted octanol–water partition coefficient (Wildman–Crippen LogP) is 6.85. The molecule has 0 aliphatic carbocycles. The SMILES string of the molecule is Cc1cc(C)cc(C[NH2+]Cc2ccc(Oc3ccc(/C=C/COC(=O)c4cc(C)cc(C)c4)cc3)cc2)c1. The number of rotatable bonds is 10. The zero-order chi connectivity index (χ0) is 26.9. The molecule has 0 amide bonds. The second-order valence-corrected chi connectivity index (χ2v) is 9.89. The lowest BCUT2D eigenvalue weighted by Gasteiger charge is -2.08. The molecule has 38 heavy (non-hydrogen) atoms. The van der Waals surface area contributed by atoms with Crippen LogP contribution in [-0.4, -0.2) is 12.6 Å². The average Bonchev–Trinajstić information content (AvgIpc) is 2.87. The van der Waals surface area contributed by atoms with Gasteiger partial charge in [0.25, 0.3) is 0 Å². The van der Waals surface area contributed by atoms with Gasteiger partial charge < -0.3 is 14.8 Å². The Hall–Kier alpha value is -4.15. The van der Waals surface area contributed by atoms with Crippen LogP contribution in [0.4, 0.5) is 0 Å². The number of nitrogens with two attached hydrogens (primary N) is 1. The molecule has 0 radical (unpaired) electrons. The lowest BCUT2D eigenvalue weighted by molar-refractivity contribution is -0.686. The number of quaternary nitrogens is 1. The fourth-order valence-corrected chi connectivity index (χ4v) is 4.55. The minimum atomic E-state index is -0.310. The summed E-state index contributed by atoms with van der Waals surface area (Å²) in [5.41, 5.74) is 8.94. The molecule has 0 bridgehead atoms. The second-order valence-electron chi connectivity index (χ2n) is 9.89. The Labute approximate surface area is 226 Å². The first kappa shape index (κ1) is 26.9. The molecule has 4 nitrogen and oxygen atoms in total. The van der Waals surface area contributed by atoms with Gasteiger partial charge in [0.1, 0.15) is 31.2 Å². The van der Waals surface area contributed by atoms with Crippen molar-refractivity contribution in [1.82, 2.24) is 0 Å². The molecular weight excluding hydrogens is 470 g/mol. The Bertz CT molecular complexity index is 1360. The summed E-state index contributed by atoms with van der Waals surface area (Å²) in [6, 6.07) is 28.5. The molecule has 4 rings (SSSR count). The first-order valence-corrected chi connectivity index (χ1v) is 13.0. The maximum absolute atomic E-state index is 12.3. The van der Waals surface area contributed by atoms with Crippen molar-refractivity contribution in [2.45, 2.75) is 40.8 Å². The number of carbonyl (C=O) groups excluding carboxylic acids is 1. The summed E-state index contributed by atoms with van der Waals surface area (Å²) in [4.78, 5) is 12.3. The molecule has 194 valence electrons. The highest BCUT2D eigenvalue weighted by Gasteiger charge is 2.07. The van der Waals surface area contributed by atoms with Gasteiger partial charge in [-0.2, -0.15) is 0 Å².